The Morgan fingerprint density at radius 1 is 1.33 bits per heavy atom. The second-order valence-electron chi connectivity index (χ2n) is 4.85. The molecule has 1 aromatic carbocycles. The first kappa shape index (κ1) is 15.6. The molecule has 0 saturated carbocycles. The predicted octanol–water partition coefficient (Wildman–Crippen LogP) is 3.74. The van der Waals surface area contributed by atoms with Crippen LogP contribution in [-0.4, -0.2) is 34.3 Å². The number of hydrogen-bond donors (Lipinski definition) is 0. The average Bonchev–Trinajstić information content (AvgIpc) is 2.81. The number of hydrogen-bond acceptors (Lipinski definition) is 3. The minimum Gasteiger partial charge on any atom is -0.382 e. The third-order valence-electron chi connectivity index (χ3n) is 2.78. The van der Waals surface area contributed by atoms with Gasteiger partial charge >= 0.3 is 0 Å². The number of benzene rings is 1. The van der Waals surface area contributed by atoms with E-state index in [1.54, 1.807) is 46.4 Å². The van der Waals surface area contributed by atoms with Crippen LogP contribution >= 0.6 is 23.2 Å². The third-order valence-corrected chi connectivity index (χ3v) is 3.33. The molecule has 1 heterocycles. The number of aryl methyl sites for hydroxylation is 1. The lowest BCUT2D eigenvalue weighted by Gasteiger charge is -2.13. The van der Waals surface area contributed by atoms with Gasteiger partial charge in [-0.2, -0.15) is 0 Å². The fourth-order valence-corrected chi connectivity index (χ4v) is 2.35. The van der Waals surface area contributed by atoms with Gasteiger partial charge in [-0.05, 0) is 25.1 Å². The van der Waals surface area contributed by atoms with Crippen LogP contribution in [0, 0.1) is 6.92 Å². The smallest absolute Gasteiger partial charge is 0.212 e. The number of ketones is 1. The van der Waals surface area contributed by atoms with Crippen LogP contribution in [0.5, 0.6) is 0 Å². The number of carbonyl (C=O) groups is 1. The summed E-state index contributed by atoms with van der Waals surface area (Å²) in [4.78, 5) is 18.7. The first-order valence-corrected chi connectivity index (χ1v) is 7.03. The number of aromatic nitrogens is 2. The number of allylic oxidation sites excluding steroid dienone is 1. The van der Waals surface area contributed by atoms with Crippen molar-refractivity contribution in [1.29, 1.82) is 0 Å². The van der Waals surface area contributed by atoms with Crippen LogP contribution in [0.1, 0.15) is 16.1 Å². The Balaban J connectivity index is 2.49. The molecule has 0 aliphatic carbocycles. The summed E-state index contributed by atoms with van der Waals surface area (Å²) in [5.41, 5.74) is 1.69. The molecule has 0 aliphatic rings. The molecule has 0 radical (unpaired) electrons. The predicted molar refractivity (Wildman–Crippen MR) is 85.7 cm³/mol. The molecule has 2 aromatic rings. The van der Waals surface area contributed by atoms with E-state index in [-0.39, 0.29) is 5.78 Å². The Bertz CT molecular complexity index is 705. The van der Waals surface area contributed by atoms with E-state index in [4.69, 9.17) is 23.2 Å². The van der Waals surface area contributed by atoms with Gasteiger partial charge in [-0.1, -0.05) is 23.2 Å². The summed E-state index contributed by atoms with van der Waals surface area (Å²) in [6, 6.07) is 4.83. The molecule has 0 spiro atoms. The highest BCUT2D eigenvalue weighted by atomic mass is 35.5. The summed E-state index contributed by atoms with van der Waals surface area (Å²) in [7, 11) is 3.70. The number of halogens is 2. The van der Waals surface area contributed by atoms with Crippen molar-refractivity contribution in [3.63, 3.8) is 0 Å². The van der Waals surface area contributed by atoms with Gasteiger partial charge in [0.25, 0.3) is 0 Å². The molecule has 0 unspecified atom stereocenters. The maximum absolute atomic E-state index is 12.8. The number of carbonyl (C=O) groups excluding carboxylic acids is 1. The van der Waals surface area contributed by atoms with Crippen molar-refractivity contribution in [1.82, 2.24) is 14.5 Å². The van der Waals surface area contributed by atoms with Gasteiger partial charge in [0.15, 0.2) is 0 Å². The van der Waals surface area contributed by atoms with Crippen molar-refractivity contribution in [3.8, 4) is 0 Å². The molecule has 0 aliphatic heterocycles. The van der Waals surface area contributed by atoms with Crippen molar-refractivity contribution >= 4 is 34.7 Å². The monoisotopic (exact) mass is 323 g/mol. The van der Waals surface area contributed by atoms with Crippen molar-refractivity contribution in [2.24, 2.45) is 0 Å². The number of rotatable bonds is 4. The zero-order chi connectivity index (χ0) is 15.6. The van der Waals surface area contributed by atoms with Crippen LogP contribution in [0.2, 0.25) is 10.0 Å². The molecular formula is C15H15Cl2N3O. The van der Waals surface area contributed by atoms with Gasteiger partial charge in [0.2, 0.25) is 5.78 Å². The zero-order valence-corrected chi connectivity index (χ0v) is 13.5. The molecule has 0 fully saturated rings. The normalized spacial score (nSPS) is 11.6. The summed E-state index contributed by atoms with van der Waals surface area (Å²) in [6.45, 7) is 1.86. The van der Waals surface area contributed by atoms with Gasteiger partial charge in [-0.15, -0.1) is 0 Å². The lowest BCUT2D eigenvalue weighted by atomic mass is 10.1. The van der Waals surface area contributed by atoms with E-state index in [2.05, 4.69) is 4.98 Å². The van der Waals surface area contributed by atoms with E-state index in [1.807, 2.05) is 21.0 Å². The number of imidazole rings is 1. The summed E-state index contributed by atoms with van der Waals surface area (Å²) >= 11 is 12.0. The third kappa shape index (κ3) is 3.65. The van der Waals surface area contributed by atoms with E-state index < -0.39 is 0 Å². The largest absolute Gasteiger partial charge is 0.382 e. The maximum atomic E-state index is 12.8. The van der Waals surface area contributed by atoms with Gasteiger partial charge in [0.05, 0.1) is 17.0 Å². The SMILES string of the molecule is Cc1cn(/C(=C\N(C)C)C(=O)c2ccc(Cl)cc2Cl)cn1. The Morgan fingerprint density at radius 3 is 2.57 bits per heavy atom. The van der Waals surface area contributed by atoms with Crippen LogP contribution in [-0.2, 0) is 0 Å². The molecule has 2 rings (SSSR count). The summed E-state index contributed by atoms with van der Waals surface area (Å²) < 4.78 is 1.68. The summed E-state index contributed by atoms with van der Waals surface area (Å²) in [5.74, 6) is -0.192. The van der Waals surface area contributed by atoms with Crippen LogP contribution in [0.4, 0.5) is 0 Å². The maximum Gasteiger partial charge on any atom is 0.212 e. The van der Waals surface area contributed by atoms with E-state index in [0.717, 1.165) is 5.69 Å². The van der Waals surface area contributed by atoms with Crippen LogP contribution in [0.15, 0.2) is 36.9 Å². The van der Waals surface area contributed by atoms with Crippen molar-refractivity contribution in [3.05, 3.63) is 58.2 Å². The Kier molecular flexibility index (Phi) is 4.70. The van der Waals surface area contributed by atoms with Crippen molar-refractivity contribution in [2.45, 2.75) is 6.92 Å². The molecule has 0 N–H and O–H groups in total. The highest BCUT2D eigenvalue weighted by Gasteiger charge is 2.18. The summed E-state index contributed by atoms with van der Waals surface area (Å²) in [5, 5.41) is 0.821. The first-order valence-electron chi connectivity index (χ1n) is 6.27. The topological polar surface area (TPSA) is 38.1 Å². The Morgan fingerprint density at radius 2 is 2.05 bits per heavy atom. The molecule has 0 atom stereocenters. The molecule has 6 heteroatoms. The van der Waals surface area contributed by atoms with E-state index in [9.17, 15) is 4.79 Å². The second kappa shape index (κ2) is 6.33. The fourth-order valence-electron chi connectivity index (χ4n) is 1.85. The van der Waals surface area contributed by atoms with Gasteiger partial charge in [-0.25, -0.2) is 4.98 Å². The molecule has 21 heavy (non-hydrogen) atoms. The van der Waals surface area contributed by atoms with Crippen molar-refractivity contribution in [2.75, 3.05) is 14.1 Å². The van der Waals surface area contributed by atoms with Crippen LogP contribution in [0.3, 0.4) is 0 Å². The molecule has 1 aromatic heterocycles. The quantitative estimate of drug-likeness (QED) is 0.635. The molecule has 0 amide bonds. The Labute approximate surface area is 133 Å². The average molecular weight is 324 g/mol. The van der Waals surface area contributed by atoms with E-state index in [1.165, 1.54) is 0 Å². The van der Waals surface area contributed by atoms with E-state index >= 15 is 0 Å². The Hall–Kier alpha value is -1.78. The molecule has 0 bridgehead atoms. The summed E-state index contributed by atoms with van der Waals surface area (Å²) in [6.07, 6.45) is 5.12. The molecule has 4 nitrogen and oxygen atoms in total. The lowest BCUT2D eigenvalue weighted by molar-refractivity contribution is 0.105. The van der Waals surface area contributed by atoms with Gasteiger partial charge in [0, 0.05) is 37.1 Å². The highest BCUT2D eigenvalue weighted by Crippen LogP contribution is 2.25. The number of Topliss-reactive ketones (excluding diaryl/α,β-unsaturated/α-hetero) is 1. The molecule has 0 saturated heterocycles. The lowest BCUT2D eigenvalue weighted by Crippen LogP contribution is -2.13. The number of nitrogens with zero attached hydrogens (tertiary/aromatic N) is 3. The molecular weight excluding hydrogens is 309 g/mol. The van der Waals surface area contributed by atoms with Gasteiger partial charge in [-0.3, -0.25) is 4.79 Å². The standard InChI is InChI=1S/C15H15Cl2N3O/c1-10-7-20(9-18-10)14(8-19(2)3)15(21)12-5-4-11(16)6-13(12)17/h4-9H,1-3H3/b14-8-. The first-order chi connectivity index (χ1) is 9.88. The second-order valence-corrected chi connectivity index (χ2v) is 5.70. The van der Waals surface area contributed by atoms with E-state index in [0.29, 0.717) is 21.3 Å². The highest BCUT2D eigenvalue weighted by molar-refractivity contribution is 6.39. The van der Waals surface area contributed by atoms with Crippen LogP contribution < -0.4 is 0 Å². The minimum absolute atomic E-state index is 0.192. The van der Waals surface area contributed by atoms with Crippen LogP contribution in [0.25, 0.3) is 5.70 Å². The van der Waals surface area contributed by atoms with Gasteiger partial charge < -0.3 is 9.47 Å². The molecule has 110 valence electrons. The van der Waals surface area contributed by atoms with Crippen molar-refractivity contribution < 1.29 is 4.79 Å². The minimum atomic E-state index is -0.192. The zero-order valence-electron chi connectivity index (χ0n) is 12.0. The van der Waals surface area contributed by atoms with Gasteiger partial charge in [0.1, 0.15) is 5.70 Å². The fraction of sp³-hybridized carbons (Fsp3) is 0.200.